The summed E-state index contributed by atoms with van der Waals surface area (Å²) >= 11 is 0. The molecule has 0 fully saturated rings. The van der Waals surface area contributed by atoms with Crippen LogP contribution >= 0.6 is 0 Å². The summed E-state index contributed by atoms with van der Waals surface area (Å²) in [6.45, 7) is 2.24. The van der Waals surface area contributed by atoms with E-state index in [0.717, 1.165) is 12.8 Å². The maximum Gasteiger partial charge on any atom is 0.156 e. The van der Waals surface area contributed by atoms with Crippen molar-refractivity contribution in [2.24, 2.45) is 0 Å². The van der Waals surface area contributed by atoms with Crippen LogP contribution in [0.4, 0.5) is 0 Å². The van der Waals surface area contributed by atoms with Crippen molar-refractivity contribution in [2.75, 3.05) is 0 Å². The zero-order valence-corrected chi connectivity index (χ0v) is 13.7. The van der Waals surface area contributed by atoms with Crippen LogP contribution in [-0.4, -0.2) is 5.26 Å². The molecule has 0 aromatic heterocycles. The second kappa shape index (κ2) is 18.8. The first-order valence-electron chi connectivity index (χ1n) is 8.51. The third-order valence-corrected chi connectivity index (χ3v) is 3.40. The zero-order valence-electron chi connectivity index (χ0n) is 13.7. The van der Waals surface area contributed by atoms with Gasteiger partial charge in [0.05, 0.1) is 0 Å². The Morgan fingerprint density at radius 3 is 2.00 bits per heavy atom. The quantitative estimate of drug-likeness (QED) is 0.143. The Morgan fingerprint density at radius 2 is 1.38 bits per heavy atom. The molecular formula is C19H32O2. The highest BCUT2D eigenvalue weighted by Crippen LogP contribution is 2.08. The van der Waals surface area contributed by atoms with Gasteiger partial charge in [0.25, 0.3) is 0 Å². The van der Waals surface area contributed by atoms with E-state index in [-0.39, 0.29) is 0 Å². The Kier molecular flexibility index (Phi) is 17.7. The fourth-order valence-electron chi connectivity index (χ4n) is 2.13. The first kappa shape index (κ1) is 19.8. The van der Waals surface area contributed by atoms with Crippen LogP contribution in [0.5, 0.6) is 0 Å². The minimum atomic E-state index is 0.813. The molecule has 0 aliphatic rings. The fourth-order valence-corrected chi connectivity index (χ4v) is 2.13. The molecule has 0 heterocycles. The standard InChI is InChI=1S/C19H32O2/c1-2-3-4-5-6-7-8-9-10-11-12-13-14-15-16-17-18-19-21-20/h6-9,20H,2-5,10-17H2,1H3/b7-6-,9-8+. The minimum absolute atomic E-state index is 0.813. The molecule has 1 N–H and O–H groups in total. The van der Waals surface area contributed by atoms with Gasteiger partial charge in [-0.1, -0.05) is 75.7 Å². The van der Waals surface area contributed by atoms with E-state index in [1.54, 1.807) is 0 Å². The first-order chi connectivity index (χ1) is 10.4. The van der Waals surface area contributed by atoms with Gasteiger partial charge in [-0.2, -0.15) is 5.26 Å². The first-order valence-corrected chi connectivity index (χ1v) is 8.51. The highest BCUT2D eigenvalue weighted by Gasteiger charge is 1.89. The Balaban J connectivity index is 3.17. The average Bonchev–Trinajstić information content (AvgIpc) is 2.50. The molecule has 0 saturated carbocycles. The maximum absolute atomic E-state index is 8.01. The van der Waals surface area contributed by atoms with Gasteiger partial charge in [0, 0.05) is 6.42 Å². The lowest BCUT2D eigenvalue weighted by Crippen LogP contribution is -1.79. The molecule has 0 rings (SSSR count). The summed E-state index contributed by atoms with van der Waals surface area (Å²) in [6, 6.07) is 0. The summed E-state index contributed by atoms with van der Waals surface area (Å²) in [5, 5.41) is 8.01. The minimum Gasteiger partial charge on any atom is -0.285 e. The third kappa shape index (κ3) is 18.8. The van der Waals surface area contributed by atoms with Gasteiger partial charge in [-0.05, 0) is 32.1 Å². The lowest BCUT2D eigenvalue weighted by Gasteiger charge is -1.98. The van der Waals surface area contributed by atoms with Crippen molar-refractivity contribution in [2.45, 2.75) is 84.0 Å². The van der Waals surface area contributed by atoms with Gasteiger partial charge >= 0.3 is 0 Å². The molecule has 0 saturated heterocycles. The van der Waals surface area contributed by atoms with E-state index in [2.05, 4.69) is 48.1 Å². The van der Waals surface area contributed by atoms with Gasteiger partial charge < -0.3 is 0 Å². The van der Waals surface area contributed by atoms with Crippen LogP contribution in [0.2, 0.25) is 0 Å². The highest BCUT2D eigenvalue weighted by molar-refractivity contribution is 5.02. The topological polar surface area (TPSA) is 29.5 Å². The number of hydrogen-bond donors (Lipinski definition) is 1. The van der Waals surface area contributed by atoms with E-state index in [1.165, 1.54) is 64.2 Å². The van der Waals surface area contributed by atoms with Gasteiger partial charge in [0.1, 0.15) is 0 Å². The smallest absolute Gasteiger partial charge is 0.156 e. The van der Waals surface area contributed by atoms with Crippen molar-refractivity contribution in [1.29, 1.82) is 0 Å². The second-order valence-corrected chi connectivity index (χ2v) is 5.38. The summed E-state index contributed by atoms with van der Waals surface area (Å²) < 4.78 is 0. The maximum atomic E-state index is 8.01. The van der Waals surface area contributed by atoms with Gasteiger partial charge in [0.2, 0.25) is 0 Å². The summed E-state index contributed by atoms with van der Waals surface area (Å²) in [4.78, 5) is 3.69. The normalized spacial score (nSPS) is 11.0. The van der Waals surface area contributed by atoms with E-state index in [1.807, 2.05) is 0 Å². The molecule has 0 amide bonds. The second-order valence-electron chi connectivity index (χ2n) is 5.38. The molecule has 0 unspecified atom stereocenters. The van der Waals surface area contributed by atoms with Crippen molar-refractivity contribution >= 4 is 0 Å². The van der Waals surface area contributed by atoms with Crippen molar-refractivity contribution < 1.29 is 10.1 Å². The molecule has 0 spiro atoms. The molecule has 0 atom stereocenters. The Morgan fingerprint density at radius 1 is 0.810 bits per heavy atom. The summed E-state index contributed by atoms with van der Waals surface area (Å²) in [7, 11) is 0. The van der Waals surface area contributed by atoms with E-state index < -0.39 is 0 Å². The number of allylic oxidation sites excluding steroid dienone is 4. The van der Waals surface area contributed by atoms with Gasteiger partial charge in [-0.3, -0.25) is 4.89 Å². The van der Waals surface area contributed by atoms with E-state index >= 15 is 0 Å². The largest absolute Gasteiger partial charge is 0.285 e. The van der Waals surface area contributed by atoms with Crippen molar-refractivity contribution in [3.05, 3.63) is 24.3 Å². The molecule has 0 aliphatic heterocycles. The van der Waals surface area contributed by atoms with Crippen LogP contribution < -0.4 is 0 Å². The van der Waals surface area contributed by atoms with Crippen LogP contribution in [0.15, 0.2) is 24.3 Å². The van der Waals surface area contributed by atoms with Crippen molar-refractivity contribution in [3.63, 3.8) is 0 Å². The lowest BCUT2D eigenvalue weighted by atomic mass is 10.1. The van der Waals surface area contributed by atoms with E-state index in [0.29, 0.717) is 0 Å². The van der Waals surface area contributed by atoms with Crippen molar-refractivity contribution in [1.82, 2.24) is 0 Å². The molecule has 0 aromatic rings. The Labute approximate surface area is 131 Å². The molecule has 2 nitrogen and oxygen atoms in total. The summed E-state index contributed by atoms with van der Waals surface area (Å²) in [5.74, 6) is 2.74. The average molecular weight is 292 g/mol. The molecule has 21 heavy (non-hydrogen) atoms. The van der Waals surface area contributed by atoms with Crippen LogP contribution in [-0.2, 0) is 4.89 Å². The molecule has 0 radical (unpaired) electrons. The van der Waals surface area contributed by atoms with E-state index in [9.17, 15) is 0 Å². The zero-order chi connectivity index (χ0) is 15.4. The molecule has 0 aliphatic carbocycles. The Bertz CT molecular complexity index is 307. The molecule has 120 valence electrons. The third-order valence-electron chi connectivity index (χ3n) is 3.40. The highest BCUT2D eigenvalue weighted by atomic mass is 17.1. The van der Waals surface area contributed by atoms with Crippen LogP contribution in [0.25, 0.3) is 0 Å². The molecular weight excluding hydrogens is 260 g/mol. The van der Waals surface area contributed by atoms with E-state index in [4.69, 9.17) is 5.26 Å². The van der Waals surface area contributed by atoms with Crippen LogP contribution in [0, 0.1) is 12.0 Å². The predicted octanol–water partition coefficient (Wildman–Crippen LogP) is 6.25. The van der Waals surface area contributed by atoms with Crippen LogP contribution in [0.1, 0.15) is 84.0 Å². The van der Waals surface area contributed by atoms with Gasteiger partial charge in [-0.15, -0.1) is 0 Å². The summed E-state index contributed by atoms with van der Waals surface area (Å²) in [6.07, 6.45) is 25.8. The van der Waals surface area contributed by atoms with Crippen molar-refractivity contribution in [3.8, 4) is 12.0 Å². The number of hydrogen-bond acceptors (Lipinski definition) is 2. The van der Waals surface area contributed by atoms with Gasteiger partial charge in [0.15, 0.2) is 6.11 Å². The monoisotopic (exact) mass is 292 g/mol. The van der Waals surface area contributed by atoms with Crippen LogP contribution in [0.3, 0.4) is 0 Å². The number of rotatable bonds is 13. The lowest BCUT2D eigenvalue weighted by molar-refractivity contribution is -0.171. The predicted molar refractivity (Wildman–Crippen MR) is 90.8 cm³/mol. The molecule has 0 bridgehead atoms. The molecule has 0 aromatic carbocycles. The SMILES string of the molecule is CCCCC/C=C\C=C\CCCCCCCCC#COO. The van der Waals surface area contributed by atoms with Gasteiger partial charge in [-0.25, -0.2) is 0 Å². The number of unbranched alkanes of at least 4 members (excludes halogenated alkanes) is 10. The fraction of sp³-hybridized carbons (Fsp3) is 0.684. The molecule has 2 heteroatoms. The Hall–Kier alpha value is -1.20. The summed E-state index contributed by atoms with van der Waals surface area (Å²) in [5.41, 5.74) is 0.